The Morgan fingerprint density at radius 3 is 2.75 bits per heavy atom. The quantitative estimate of drug-likeness (QED) is 0.485. The summed E-state index contributed by atoms with van der Waals surface area (Å²) in [7, 11) is 0. The van der Waals surface area contributed by atoms with Gasteiger partial charge in [0.15, 0.2) is 0 Å². The van der Waals surface area contributed by atoms with Gasteiger partial charge in [-0.2, -0.15) is 0 Å². The summed E-state index contributed by atoms with van der Waals surface area (Å²) in [5.41, 5.74) is 0. The Morgan fingerprint density at radius 2 is 2.17 bits per heavy atom. The van der Waals surface area contributed by atoms with E-state index in [1.807, 2.05) is 6.92 Å². The van der Waals surface area contributed by atoms with Gasteiger partial charge in [-0.05, 0) is 12.8 Å². The predicted octanol–water partition coefficient (Wildman–Crippen LogP) is 1.54. The highest BCUT2D eigenvalue weighted by atomic mass is 16.1. The lowest BCUT2D eigenvalue weighted by atomic mass is 10.2. The van der Waals surface area contributed by atoms with E-state index in [-0.39, 0.29) is 5.91 Å². The van der Waals surface area contributed by atoms with Gasteiger partial charge in [-0.3, -0.25) is 4.79 Å². The fourth-order valence-electron chi connectivity index (χ4n) is 0.837. The molecule has 4 nitrogen and oxygen atoms in total. The molecule has 0 atom stereocenters. The third kappa shape index (κ3) is 7.00. The van der Waals surface area contributed by atoms with Crippen LogP contribution in [-0.2, 0) is 4.79 Å². The molecule has 0 aliphatic carbocycles. The summed E-state index contributed by atoms with van der Waals surface area (Å²) in [5, 5.41) is 10.9. The first kappa shape index (κ1) is 10.9. The van der Waals surface area contributed by atoms with Crippen LogP contribution in [0.15, 0.2) is 0 Å². The van der Waals surface area contributed by atoms with Crippen molar-refractivity contribution in [1.29, 1.82) is 5.39 Å². The summed E-state index contributed by atoms with van der Waals surface area (Å²) in [6.07, 6.45) is 3.39. The summed E-state index contributed by atoms with van der Waals surface area (Å²) < 4.78 is 0. The first-order chi connectivity index (χ1) is 5.81. The highest BCUT2D eigenvalue weighted by Crippen LogP contribution is 1.93. The smallest absolute Gasteiger partial charge is 0.305 e. The summed E-state index contributed by atoms with van der Waals surface area (Å²) in [6, 6.07) is 0. The molecule has 0 aliphatic heterocycles. The van der Waals surface area contributed by atoms with Crippen molar-refractivity contribution in [3.05, 3.63) is 4.98 Å². The lowest BCUT2D eigenvalue weighted by Gasteiger charge is -2.00. The molecule has 0 unspecified atom stereocenters. The minimum absolute atomic E-state index is 0.0989. The van der Waals surface area contributed by atoms with Crippen molar-refractivity contribution in [1.82, 2.24) is 5.32 Å². The van der Waals surface area contributed by atoms with E-state index < -0.39 is 0 Å². The third-order valence-corrected chi connectivity index (χ3v) is 1.58. The van der Waals surface area contributed by atoms with Gasteiger partial charge in [-0.25, -0.2) is 0 Å². The molecule has 1 N–H and O–H groups in total. The number of carbonyl (C=O) groups excluding carboxylic acids is 1. The van der Waals surface area contributed by atoms with Crippen molar-refractivity contribution in [2.75, 3.05) is 13.1 Å². The molecule has 0 saturated heterocycles. The number of amides is 1. The predicted molar refractivity (Wildman–Crippen MR) is 47.1 cm³/mol. The summed E-state index contributed by atoms with van der Waals surface area (Å²) >= 11 is 0. The first-order valence-electron chi connectivity index (χ1n) is 4.38. The van der Waals surface area contributed by atoms with Crippen LogP contribution in [0.25, 0.3) is 4.98 Å². The van der Waals surface area contributed by atoms with E-state index in [9.17, 15) is 4.79 Å². The van der Waals surface area contributed by atoms with Crippen LogP contribution in [0.1, 0.15) is 32.6 Å². The SMILES string of the molecule is CCC(=O)NCCCCC[N+]#N. The van der Waals surface area contributed by atoms with Crippen molar-refractivity contribution >= 4 is 5.91 Å². The van der Waals surface area contributed by atoms with Gasteiger partial charge in [0.1, 0.15) is 4.98 Å². The van der Waals surface area contributed by atoms with Crippen LogP contribution in [0.5, 0.6) is 0 Å². The van der Waals surface area contributed by atoms with E-state index in [0.29, 0.717) is 13.0 Å². The molecule has 0 aromatic carbocycles. The lowest BCUT2D eigenvalue weighted by Crippen LogP contribution is -2.23. The monoisotopic (exact) mass is 170 g/mol. The number of hydrogen-bond acceptors (Lipinski definition) is 2. The van der Waals surface area contributed by atoms with Crippen LogP contribution in [0.2, 0.25) is 0 Å². The number of nitrogens with one attached hydrogen (secondary N) is 1. The zero-order valence-electron chi connectivity index (χ0n) is 7.55. The molecular formula is C8H16N3O+. The second-order valence-electron chi connectivity index (χ2n) is 2.63. The fraction of sp³-hybridized carbons (Fsp3) is 0.875. The molecule has 0 fully saturated rings. The first-order valence-corrected chi connectivity index (χ1v) is 4.38. The van der Waals surface area contributed by atoms with Crippen molar-refractivity contribution in [3.8, 4) is 0 Å². The van der Waals surface area contributed by atoms with E-state index >= 15 is 0 Å². The number of nitrogens with zero attached hydrogens (tertiary/aromatic N) is 2. The minimum Gasteiger partial charge on any atom is -0.356 e. The van der Waals surface area contributed by atoms with Crippen molar-refractivity contribution in [3.63, 3.8) is 0 Å². The zero-order chi connectivity index (χ0) is 9.23. The molecule has 4 heteroatoms. The van der Waals surface area contributed by atoms with E-state index in [4.69, 9.17) is 5.39 Å². The van der Waals surface area contributed by atoms with Gasteiger partial charge in [-0.15, -0.1) is 0 Å². The standard InChI is InChI=1S/C8H15N3O/c1-2-8(12)10-6-4-3-5-7-11-9/h2-7H2,1H3/p+1. The molecule has 0 rings (SSSR count). The number of unbranched alkanes of at least 4 members (excludes halogenated alkanes) is 2. The van der Waals surface area contributed by atoms with E-state index in [1.165, 1.54) is 0 Å². The van der Waals surface area contributed by atoms with Crippen LogP contribution < -0.4 is 5.32 Å². The molecule has 0 saturated carbocycles. The molecule has 1 amide bonds. The van der Waals surface area contributed by atoms with Gasteiger partial charge >= 0.3 is 6.54 Å². The Balaban J connectivity index is 3.01. The normalized spacial score (nSPS) is 9.00. The molecule has 0 spiro atoms. The van der Waals surface area contributed by atoms with Crippen LogP contribution in [-0.4, -0.2) is 19.0 Å². The topological polar surface area (TPSA) is 57.2 Å². The number of carbonyl (C=O) groups is 1. The van der Waals surface area contributed by atoms with Gasteiger partial charge < -0.3 is 5.32 Å². The maximum atomic E-state index is 10.7. The maximum absolute atomic E-state index is 10.7. The largest absolute Gasteiger partial charge is 0.356 e. The number of diazo groups is 1. The van der Waals surface area contributed by atoms with Gasteiger partial charge in [0.05, 0.1) is 0 Å². The second kappa shape index (κ2) is 7.99. The summed E-state index contributed by atoms with van der Waals surface area (Å²) in [6.45, 7) is 3.07. The van der Waals surface area contributed by atoms with Crippen molar-refractivity contribution < 1.29 is 4.79 Å². The van der Waals surface area contributed by atoms with Crippen LogP contribution in [0.4, 0.5) is 0 Å². The Hall–Kier alpha value is -1.11. The Morgan fingerprint density at radius 1 is 1.42 bits per heavy atom. The molecule has 12 heavy (non-hydrogen) atoms. The molecule has 0 radical (unpaired) electrons. The van der Waals surface area contributed by atoms with E-state index in [1.54, 1.807) is 0 Å². The van der Waals surface area contributed by atoms with Crippen LogP contribution in [0.3, 0.4) is 0 Å². The third-order valence-electron chi connectivity index (χ3n) is 1.58. The molecule has 0 aromatic rings. The highest BCUT2D eigenvalue weighted by Gasteiger charge is 1.97. The van der Waals surface area contributed by atoms with Crippen LogP contribution in [0, 0.1) is 5.39 Å². The average molecular weight is 170 g/mol. The molecular weight excluding hydrogens is 154 g/mol. The molecule has 68 valence electrons. The minimum atomic E-state index is 0.0989. The summed E-state index contributed by atoms with van der Waals surface area (Å²) in [4.78, 5) is 13.7. The van der Waals surface area contributed by atoms with E-state index in [2.05, 4.69) is 10.3 Å². The van der Waals surface area contributed by atoms with Gasteiger partial charge in [0.2, 0.25) is 11.3 Å². The zero-order valence-corrected chi connectivity index (χ0v) is 7.55. The summed E-state index contributed by atoms with van der Waals surface area (Å²) in [5.74, 6) is 0.0989. The van der Waals surface area contributed by atoms with Crippen molar-refractivity contribution in [2.24, 2.45) is 0 Å². The van der Waals surface area contributed by atoms with Crippen LogP contribution >= 0.6 is 0 Å². The van der Waals surface area contributed by atoms with Gasteiger partial charge in [-0.1, -0.05) is 6.92 Å². The molecule has 0 aromatic heterocycles. The van der Waals surface area contributed by atoms with E-state index in [0.717, 1.165) is 25.8 Å². The molecule has 0 heterocycles. The van der Waals surface area contributed by atoms with Crippen molar-refractivity contribution in [2.45, 2.75) is 32.6 Å². The number of rotatable bonds is 6. The highest BCUT2D eigenvalue weighted by molar-refractivity contribution is 5.75. The average Bonchev–Trinajstić information content (AvgIpc) is 2.10. The second-order valence-corrected chi connectivity index (χ2v) is 2.63. The number of hydrogen-bond donors (Lipinski definition) is 1. The van der Waals surface area contributed by atoms with Gasteiger partial charge in [0.25, 0.3) is 0 Å². The Bertz CT molecular complexity index is 162. The lowest BCUT2D eigenvalue weighted by molar-refractivity contribution is -0.120. The Kier molecular flexibility index (Phi) is 7.25. The van der Waals surface area contributed by atoms with Gasteiger partial charge in [0, 0.05) is 19.4 Å². The Labute approximate surface area is 73.0 Å². The molecule has 0 bridgehead atoms. The fourth-order valence-corrected chi connectivity index (χ4v) is 0.837. The molecule has 0 aliphatic rings. The maximum Gasteiger partial charge on any atom is 0.305 e.